The number of fused-ring (bicyclic) bond motifs is 2. The molecule has 18 heteroatoms. The van der Waals surface area contributed by atoms with Crippen molar-refractivity contribution in [3.8, 4) is 11.6 Å². The Morgan fingerprint density at radius 1 is 1.15 bits per heavy atom. The molecule has 3 aromatic heterocycles. The van der Waals surface area contributed by atoms with Crippen molar-refractivity contribution in [2.45, 2.75) is 64.4 Å². The van der Waals surface area contributed by atoms with Crippen molar-refractivity contribution in [1.29, 1.82) is 0 Å². The molecule has 1 aliphatic rings. The van der Waals surface area contributed by atoms with E-state index in [1.54, 1.807) is 51.2 Å². The topological polar surface area (TPSA) is 189 Å². The molecule has 6 rings (SSSR count). The summed E-state index contributed by atoms with van der Waals surface area (Å²) < 4.78 is 72.2. The fourth-order valence-electron chi connectivity index (χ4n) is 5.72. The van der Waals surface area contributed by atoms with Gasteiger partial charge >= 0.3 is 13.7 Å². The zero-order chi connectivity index (χ0) is 37.4. The first-order chi connectivity index (χ1) is 24.7. The molecule has 0 aliphatic carbocycles. The molecule has 0 saturated carbocycles. The van der Waals surface area contributed by atoms with Gasteiger partial charge in [0, 0.05) is 23.2 Å². The number of hydrogen-bond donors (Lipinski definition) is 3. The van der Waals surface area contributed by atoms with Gasteiger partial charge in [-0.2, -0.15) is 10.1 Å². The van der Waals surface area contributed by atoms with Crippen molar-refractivity contribution >= 4 is 35.8 Å². The van der Waals surface area contributed by atoms with Crippen molar-refractivity contribution in [2.24, 2.45) is 5.92 Å². The van der Waals surface area contributed by atoms with E-state index < -0.39 is 74.6 Å². The molecule has 5 aromatic rings. The van der Waals surface area contributed by atoms with E-state index in [1.165, 1.54) is 31.0 Å². The maximum Gasteiger partial charge on any atom is 0.459 e. The number of rotatable bonds is 13. The molecule has 3 N–H and O–H groups in total. The number of imidazole rings is 1. The predicted molar refractivity (Wildman–Crippen MR) is 181 cm³/mol. The van der Waals surface area contributed by atoms with Gasteiger partial charge in [-0.05, 0) is 56.2 Å². The first kappa shape index (κ1) is 37.1. The lowest BCUT2D eigenvalue weighted by molar-refractivity contribution is -0.148. The lowest BCUT2D eigenvalue weighted by Gasteiger charge is -2.28. The minimum Gasteiger partial charge on any atom is -0.479 e. The molecule has 1 saturated heterocycles. The second kappa shape index (κ2) is 14.8. The summed E-state index contributed by atoms with van der Waals surface area (Å²) in [5.41, 5.74) is -0.808. The smallest absolute Gasteiger partial charge is 0.459 e. The quantitative estimate of drug-likeness (QED) is 0.113. The van der Waals surface area contributed by atoms with Crippen LogP contribution in [0.25, 0.3) is 22.1 Å². The summed E-state index contributed by atoms with van der Waals surface area (Å²) in [6.07, 6.45) is -1.14. The number of aliphatic hydroxyl groups excluding tert-OH is 1. The van der Waals surface area contributed by atoms with Crippen LogP contribution in [-0.4, -0.2) is 78.3 Å². The van der Waals surface area contributed by atoms with Crippen LogP contribution in [0.5, 0.6) is 11.6 Å². The van der Waals surface area contributed by atoms with E-state index in [0.717, 1.165) is 12.1 Å². The Morgan fingerprint density at radius 3 is 2.67 bits per heavy atom. The van der Waals surface area contributed by atoms with Gasteiger partial charge in [0.05, 0.1) is 25.6 Å². The summed E-state index contributed by atoms with van der Waals surface area (Å²) in [6.45, 7) is 5.16. The van der Waals surface area contributed by atoms with Gasteiger partial charge in [-0.25, -0.2) is 23.3 Å². The molecule has 1 fully saturated rings. The maximum atomic E-state index is 14.6. The Balaban J connectivity index is 1.26. The number of aliphatic hydroxyl groups is 2. The molecular formula is C34H37F2N6O9P. The standard InChI is InChI=1S/C34H37F2N6O9P/c1-18(2)27(32(44)48-15-21-8-9-22(35)14-24(21)36)41-52(46,51-23-10-11-25-20(13-23)7-6-12-37-25)49-16-26-29(43)34(4,45)33(50-26)42-17-38-28-30(42)39-19(3)40-31(28)47-5/h6-14,17-18,26-27,29,33,43,45H,15-16H2,1-5H3,(H,41,46)/t26-,27+,29-,33?,34-,52?/m1/s1. The van der Waals surface area contributed by atoms with Crippen molar-refractivity contribution < 1.29 is 51.6 Å². The van der Waals surface area contributed by atoms with Crippen LogP contribution in [0.3, 0.4) is 0 Å². The van der Waals surface area contributed by atoms with E-state index in [0.29, 0.717) is 28.3 Å². The molecule has 6 atom stereocenters. The second-order valence-corrected chi connectivity index (χ2v) is 14.4. The van der Waals surface area contributed by atoms with E-state index >= 15 is 0 Å². The average Bonchev–Trinajstić information content (AvgIpc) is 3.61. The highest BCUT2D eigenvalue weighted by Crippen LogP contribution is 2.48. The summed E-state index contributed by atoms with van der Waals surface area (Å²) in [7, 11) is -3.15. The fraction of sp³-hybridized carbons (Fsp3) is 0.382. The van der Waals surface area contributed by atoms with Crippen LogP contribution < -0.4 is 14.3 Å². The van der Waals surface area contributed by atoms with Crippen molar-refractivity contribution in [1.82, 2.24) is 29.6 Å². The molecule has 2 unspecified atom stereocenters. The lowest BCUT2D eigenvalue weighted by atomic mass is 9.96. The Hall–Kier alpha value is -4.64. The summed E-state index contributed by atoms with van der Waals surface area (Å²) in [4.78, 5) is 30.5. The molecule has 15 nitrogen and oxygen atoms in total. The molecule has 0 radical (unpaired) electrons. The van der Waals surface area contributed by atoms with Crippen LogP contribution >= 0.6 is 7.75 Å². The fourth-order valence-corrected chi connectivity index (χ4v) is 7.38. The Kier molecular flexibility index (Phi) is 10.5. The maximum absolute atomic E-state index is 14.6. The average molecular weight is 743 g/mol. The summed E-state index contributed by atoms with van der Waals surface area (Å²) in [5, 5.41) is 26.0. The Bertz CT molecular complexity index is 2150. The highest BCUT2D eigenvalue weighted by molar-refractivity contribution is 7.52. The summed E-state index contributed by atoms with van der Waals surface area (Å²) in [5.74, 6) is -2.53. The van der Waals surface area contributed by atoms with Crippen LogP contribution in [-0.2, 0) is 30.0 Å². The molecule has 0 spiro atoms. The number of nitrogens with zero attached hydrogens (tertiary/aromatic N) is 5. The van der Waals surface area contributed by atoms with E-state index in [9.17, 15) is 28.4 Å². The molecule has 0 amide bonds. The number of hydrogen-bond acceptors (Lipinski definition) is 13. The third-order valence-corrected chi connectivity index (χ3v) is 10.0. The molecule has 2 aromatic carbocycles. The Morgan fingerprint density at radius 2 is 1.94 bits per heavy atom. The minimum atomic E-state index is -4.58. The lowest BCUT2D eigenvalue weighted by Crippen LogP contribution is -2.45. The van der Waals surface area contributed by atoms with Crippen molar-refractivity contribution in [3.63, 3.8) is 0 Å². The molecule has 276 valence electrons. The van der Waals surface area contributed by atoms with Crippen LogP contribution in [0, 0.1) is 24.5 Å². The third-order valence-electron chi connectivity index (χ3n) is 8.51. The number of carbonyl (C=O) groups excluding carboxylic acids is 1. The number of methoxy groups -OCH3 is 1. The van der Waals surface area contributed by atoms with Crippen molar-refractivity contribution in [2.75, 3.05) is 13.7 Å². The highest BCUT2D eigenvalue weighted by Gasteiger charge is 2.54. The number of carbonyl (C=O) groups is 1. The number of halogens is 2. The van der Waals surface area contributed by atoms with E-state index in [-0.39, 0.29) is 22.8 Å². The van der Waals surface area contributed by atoms with E-state index in [4.69, 9.17) is 23.3 Å². The third kappa shape index (κ3) is 7.60. The number of esters is 1. The molecule has 0 bridgehead atoms. The van der Waals surface area contributed by atoms with Gasteiger partial charge in [-0.15, -0.1) is 0 Å². The number of pyridine rings is 1. The van der Waals surface area contributed by atoms with Crippen molar-refractivity contribution in [3.05, 3.63) is 84.1 Å². The van der Waals surface area contributed by atoms with Gasteiger partial charge in [-0.3, -0.25) is 18.9 Å². The van der Waals surface area contributed by atoms with Gasteiger partial charge in [0.15, 0.2) is 17.4 Å². The second-order valence-electron chi connectivity index (χ2n) is 12.7. The predicted octanol–water partition coefficient (Wildman–Crippen LogP) is 4.54. The number of ether oxygens (including phenoxy) is 3. The first-order valence-corrected chi connectivity index (χ1v) is 17.7. The van der Waals surface area contributed by atoms with Gasteiger partial charge in [0.1, 0.15) is 53.7 Å². The number of aromatic nitrogens is 5. The highest BCUT2D eigenvalue weighted by atomic mass is 31.2. The van der Waals surface area contributed by atoms with Crippen LogP contribution in [0.4, 0.5) is 8.78 Å². The zero-order valence-corrected chi connectivity index (χ0v) is 29.7. The first-order valence-electron chi connectivity index (χ1n) is 16.2. The summed E-state index contributed by atoms with van der Waals surface area (Å²) >= 11 is 0. The zero-order valence-electron chi connectivity index (χ0n) is 28.8. The van der Waals surface area contributed by atoms with Gasteiger partial charge in [0.2, 0.25) is 5.88 Å². The number of aryl methyl sites for hydroxylation is 1. The van der Waals surface area contributed by atoms with E-state index in [2.05, 4.69) is 25.0 Å². The number of nitrogens with one attached hydrogen (secondary N) is 1. The number of benzene rings is 2. The van der Waals surface area contributed by atoms with Crippen LogP contribution in [0.1, 0.15) is 38.4 Å². The van der Waals surface area contributed by atoms with Gasteiger partial charge in [0.25, 0.3) is 0 Å². The SMILES string of the molecule is COc1nc(C)nc2c1ncn2C1O[C@H](COP(=O)(N[C@H](C(=O)OCc2ccc(F)cc2F)C(C)C)Oc2ccc3ncccc3c2)[C@@H](O)[C@@]1(C)O. The summed E-state index contributed by atoms with van der Waals surface area (Å²) in [6, 6.07) is 9.72. The minimum absolute atomic E-state index is 0.0718. The Labute approximate surface area is 296 Å². The van der Waals surface area contributed by atoms with Gasteiger partial charge in [-0.1, -0.05) is 19.9 Å². The normalized spacial score (nSPS) is 22.1. The molecule has 4 heterocycles. The molecule has 1 aliphatic heterocycles. The van der Waals surface area contributed by atoms with E-state index in [1.807, 2.05) is 0 Å². The van der Waals surface area contributed by atoms with Gasteiger partial charge < -0.3 is 28.9 Å². The molecule has 52 heavy (non-hydrogen) atoms. The van der Waals surface area contributed by atoms with Crippen LogP contribution in [0.15, 0.2) is 61.1 Å². The monoisotopic (exact) mass is 742 g/mol. The molecular weight excluding hydrogens is 705 g/mol. The largest absolute Gasteiger partial charge is 0.479 e. The van der Waals surface area contributed by atoms with Crippen LogP contribution in [0.2, 0.25) is 0 Å².